The van der Waals surface area contributed by atoms with E-state index in [4.69, 9.17) is 4.74 Å². The van der Waals surface area contributed by atoms with Crippen molar-refractivity contribution in [1.29, 1.82) is 0 Å². The van der Waals surface area contributed by atoms with Crippen LogP contribution in [0.3, 0.4) is 0 Å². The SMILES string of the molecule is CC1CN(CCCNc2ccc(S(=O)(=O)N3CCCCC3)cc2[N+](=O)[O-])CC(C)O1. The summed E-state index contributed by atoms with van der Waals surface area (Å²) in [6.45, 7) is 8.26. The topological polar surface area (TPSA) is 105 Å². The van der Waals surface area contributed by atoms with Crippen molar-refractivity contribution in [3.05, 3.63) is 28.3 Å². The Morgan fingerprint density at radius 3 is 2.47 bits per heavy atom. The van der Waals surface area contributed by atoms with Crippen molar-refractivity contribution in [1.82, 2.24) is 9.21 Å². The number of nitrogens with one attached hydrogen (secondary N) is 1. The number of morpholine rings is 1. The van der Waals surface area contributed by atoms with Gasteiger partial charge in [-0.15, -0.1) is 0 Å². The number of nitro groups is 1. The van der Waals surface area contributed by atoms with Crippen molar-refractivity contribution in [2.45, 2.75) is 56.6 Å². The summed E-state index contributed by atoms with van der Waals surface area (Å²) in [4.78, 5) is 13.4. The maximum atomic E-state index is 12.8. The van der Waals surface area contributed by atoms with E-state index in [1.165, 1.54) is 22.5 Å². The molecule has 2 fully saturated rings. The Kier molecular flexibility index (Phi) is 7.67. The highest BCUT2D eigenvalue weighted by Crippen LogP contribution is 2.30. The van der Waals surface area contributed by atoms with Crippen molar-refractivity contribution in [2.24, 2.45) is 0 Å². The minimum atomic E-state index is -3.70. The molecule has 9 nitrogen and oxygen atoms in total. The Morgan fingerprint density at radius 1 is 1.17 bits per heavy atom. The van der Waals surface area contributed by atoms with Crippen LogP contribution in [0.25, 0.3) is 0 Å². The van der Waals surface area contributed by atoms with Crippen LogP contribution in [0.15, 0.2) is 23.1 Å². The van der Waals surface area contributed by atoms with Crippen LogP contribution in [0.5, 0.6) is 0 Å². The fraction of sp³-hybridized carbons (Fsp3) is 0.700. The lowest BCUT2D eigenvalue weighted by Crippen LogP contribution is -2.45. The third kappa shape index (κ3) is 5.69. The molecule has 1 aromatic rings. The maximum absolute atomic E-state index is 12.8. The van der Waals surface area contributed by atoms with Gasteiger partial charge in [0.2, 0.25) is 10.0 Å². The van der Waals surface area contributed by atoms with Crippen molar-refractivity contribution < 1.29 is 18.1 Å². The number of anilines is 1. The van der Waals surface area contributed by atoms with Gasteiger partial charge in [-0.2, -0.15) is 4.31 Å². The summed E-state index contributed by atoms with van der Waals surface area (Å²) in [7, 11) is -3.70. The van der Waals surface area contributed by atoms with E-state index < -0.39 is 14.9 Å². The lowest BCUT2D eigenvalue weighted by atomic mass is 10.2. The molecular weight excluding hydrogens is 408 g/mol. The molecule has 0 saturated carbocycles. The minimum Gasteiger partial charge on any atom is -0.379 e. The molecular formula is C20H32N4O5S. The summed E-state index contributed by atoms with van der Waals surface area (Å²) in [6.07, 6.45) is 3.89. The van der Waals surface area contributed by atoms with Crippen LogP contribution in [0.2, 0.25) is 0 Å². The highest BCUT2D eigenvalue weighted by Gasteiger charge is 2.28. The van der Waals surface area contributed by atoms with Crippen molar-refractivity contribution >= 4 is 21.4 Å². The van der Waals surface area contributed by atoms with Gasteiger partial charge in [-0.05, 0) is 45.2 Å². The molecule has 0 amide bonds. The minimum absolute atomic E-state index is 0.0158. The number of hydrogen-bond donors (Lipinski definition) is 1. The molecule has 0 bridgehead atoms. The van der Waals surface area contributed by atoms with Gasteiger partial charge in [-0.1, -0.05) is 6.42 Å². The average molecular weight is 441 g/mol. The van der Waals surface area contributed by atoms with Gasteiger partial charge >= 0.3 is 0 Å². The fourth-order valence-electron chi connectivity index (χ4n) is 4.22. The number of nitrogens with zero attached hydrogens (tertiary/aromatic N) is 3. The largest absolute Gasteiger partial charge is 0.379 e. The van der Waals surface area contributed by atoms with Crippen molar-refractivity contribution in [3.8, 4) is 0 Å². The van der Waals surface area contributed by atoms with E-state index in [0.717, 1.165) is 45.3 Å². The van der Waals surface area contributed by atoms with Gasteiger partial charge in [0, 0.05) is 45.3 Å². The smallest absolute Gasteiger partial charge is 0.293 e. The first-order valence-corrected chi connectivity index (χ1v) is 12.1. The number of ether oxygens (including phenoxy) is 1. The van der Waals surface area contributed by atoms with E-state index >= 15 is 0 Å². The first-order chi connectivity index (χ1) is 14.3. The zero-order valence-electron chi connectivity index (χ0n) is 17.7. The van der Waals surface area contributed by atoms with E-state index in [1.54, 1.807) is 0 Å². The van der Waals surface area contributed by atoms with Crippen molar-refractivity contribution in [3.63, 3.8) is 0 Å². The van der Waals surface area contributed by atoms with Crippen LogP contribution in [-0.2, 0) is 14.8 Å². The van der Waals surface area contributed by atoms with Crippen LogP contribution >= 0.6 is 0 Å². The number of nitro benzene ring substituents is 1. The van der Waals surface area contributed by atoms with Crippen LogP contribution in [0.1, 0.15) is 39.5 Å². The molecule has 168 valence electrons. The maximum Gasteiger partial charge on any atom is 0.293 e. The molecule has 2 saturated heterocycles. The van der Waals surface area contributed by atoms with Crippen LogP contribution in [0, 0.1) is 10.1 Å². The number of piperidine rings is 1. The Bertz CT molecular complexity index is 832. The molecule has 1 aromatic carbocycles. The first-order valence-electron chi connectivity index (χ1n) is 10.7. The van der Waals surface area contributed by atoms with E-state index in [9.17, 15) is 18.5 Å². The summed E-state index contributed by atoms with van der Waals surface area (Å²) in [6, 6.07) is 4.15. The zero-order chi connectivity index (χ0) is 21.7. The average Bonchev–Trinajstić information content (AvgIpc) is 2.71. The Hall–Kier alpha value is -1.75. The second-order valence-electron chi connectivity index (χ2n) is 8.20. The predicted molar refractivity (Wildman–Crippen MR) is 115 cm³/mol. The van der Waals surface area contributed by atoms with E-state index in [-0.39, 0.29) is 22.8 Å². The number of sulfonamides is 1. The lowest BCUT2D eigenvalue weighted by Gasteiger charge is -2.35. The summed E-state index contributed by atoms with van der Waals surface area (Å²) >= 11 is 0. The Morgan fingerprint density at radius 2 is 1.83 bits per heavy atom. The standard InChI is InChI=1S/C20H32N4O5S/c1-16-14-22(15-17(2)29-16)10-6-9-21-19-8-7-18(13-20(19)24(25)26)30(27,28)23-11-4-3-5-12-23/h7-8,13,16-17,21H,3-6,9-12,14-15H2,1-2H3. The number of rotatable bonds is 8. The molecule has 0 radical (unpaired) electrons. The monoisotopic (exact) mass is 440 g/mol. The van der Waals surface area contributed by atoms with Gasteiger partial charge in [0.25, 0.3) is 5.69 Å². The molecule has 1 N–H and O–H groups in total. The summed E-state index contributed by atoms with van der Waals surface area (Å²) < 4.78 is 32.8. The van der Waals surface area contributed by atoms with Gasteiger partial charge in [-0.3, -0.25) is 15.0 Å². The Balaban J connectivity index is 1.62. The number of hydrogen-bond acceptors (Lipinski definition) is 7. The molecule has 0 aliphatic carbocycles. The van der Waals surface area contributed by atoms with E-state index in [1.807, 2.05) is 0 Å². The highest BCUT2D eigenvalue weighted by molar-refractivity contribution is 7.89. The molecule has 2 aliphatic heterocycles. The van der Waals surface area contributed by atoms with Gasteiger partial charge < -0.3 is 10.1 Å². The molecule has 0 spiro atoms. The van der Waals surface area contributed by atoms with Gasteiger partial charge in [0.1, 0.15) is 5.69 Å². The summed E-state index contributed by atoms with van der Waals surface area (Å²) in [5, 5.41) is 14.7. The lowest BCUT2D eigenvalue weighted by molar-refractivity contribution is -0.384. The molecule has 2 unspecified atom stereocenters. The highest BCUT2D eigenvalue weighted by atomic mass is 32.2. The summed E-state index contributed by atoms with van der Waals surface area (Å²) in [5.74, 6) is 0. The predicted octanol–water partition coefficient (Wildman–Crippen LogP) is 2.68. The zero-order valence-corrected chi connectivity index (χ0v) is 18.6. The fourth-order valence-corrected chi connectivity index (χ4v) is 5.76. The number of benzene rings is 1. The molecule has 3 rings (SSSR count). The third-order valence-corrected chi connectivity index (χ3v) is 7.48. The summed E-state index contributed by atoms with van der Waals surface area (Å²) in [5.41, 5.74) is 0.142. The third-order valence-electron chi connectivity index (χ3n) is 5.58. The molecule has 30 heavy (non-hydrogen) atoms. The molecule has 10 heteroatoms. The van der Waals surface area contributed by atoms with Crippen LogP contribution < -0.4 is 5.32 Å². The normalized spacial score (nSPS) is 23.9. The second kappa shape index (κ2) is 10.0. The van der Waals surface area contributed by atoms with E-state index in [0.29, 0.717) is 25.3 Å². The molecule has 0 aromatic heterocycles. The quantitative estimate of drug-likeness (QED) is 0.376. The van der Waals surface area contributed by atoms with Gasteiger partial charge in [0.15, 0.2) is 0 Å². The van der Waals surface area contributed by atoms with Crippen molar-refractivity contribution in [2.75, 3.05) is 44.6 Å². The van der Waals surface area contributed by atoms with E-state index in [2.05, 4.69) is 24.1 Å². The molecule has 2 atom stereocenters. The van der Waals surface area contributed by atoms with Gasteiger partial charge in [-0.25, -0.2) is 8.42 Å². The molecule has 2 aliphatic rings. The van der Waals surface area contributed by atoms with Crippen LogP contribution in [-0.4, -0.2) is 74.0 Å². The molecule has 2 heterocycles. The first kappa shape index (κ1) is 22.9. The second-order valence-corrected chi connectivity index (χ2v) is 10.1. The van der Waals surface area contributed by atoms with Crippen LogP contribution in [0.4, 0.5) is 11.4 Å². The van der Waals surface area contributed by atoms with Gasteiger partial charge in [0.05, 0.1) is 22.0 Å². The Labute approximate surface area is 178 Å².